The van der Waals surface area contributed by atoms with Crippen molar-refractivity contribution in [3.63, 3.8) is 0 Å². The summed E-state index contributed by atoms with van der Waals surface area (Å²) in [6, 6.07) is 11.4. The molecule has 4 rings (SSSR count). The van der Waals surface area contributed by atoms with Crippen LogP contribution in [-0.4, -0.2) is 42.0 Å². The molecule has 29 heavy (non-hydrogen) atoms. The maximum Gasteiger partial charge on any atom is 0.229 e. The van der Waals surface area contributed by atoms with Crippen LogP contribution in [0.25, 0.3) is 33.2 Å². The number of nitrogens with zero attached hydrogens (tertiary/aromatic N) is 3. The van der Waals surface area contributed by atoms with Crippen molar-refractivity contribution in [3.8, 4) is 28.5 Å². The van der Waals surface area contributed by atoms with Crippen molar-refractivity contribution in [2.75, 3.05) is 21.3 Å². The summed E-state index contributed by atoms with van der Waals surface area (Å²) in [5.41, 5.74) is 2.76. The maximum atomic E-state index is 12.3. The highest BCUT2D eigenvalue weighted by Gasteiger charge is 2.20. The lowest BCUT2D eigenvalue weighted by atomic mass is 10.1. The first-order valence-electron chi connectivity index (χ1n) is 8.77. The van der Waals surface area contributed by atoms with Crippen LogP contribution in [0.1, 0.15) is 11.7 Å². The molecule has 2 aromatic carbocycles. The highest BCUT2D eigenvalue weighted by molar-refractivity contribution is 14.1. The van der Waals surface area contributed by atoms with Gasteiger partial charge >= 0.3 is 0 Å². The van der Waals surface area contributed by atoms with E-state index in [1.807, 2.05) is 36.4 Å². The summed E-state index contributed by atoms with van der Waals surface area (Å²) in [6.07, 6.45) is 0. The summed E-state index contributed by atoms with van der Waals surface area (Å²) >= 11 is 2.27. The molecule has 0 spiro atoms. The molecule has 8 heteroatoms. The Bertz CT molecular complexity index is 1240. The average molecular weight is 503 g/mol. The smallest absolute Gasteiger partial charge is 0.229 e. The summed E-state index contributed by atoms with van der Waals surface area (Å²) in [5.74, 6) is 1.46. The molecule has 7 nitrogen and oxygen atoms in total. The third-order valence-electron chi connectivity index (χ3n) is 4.76. The van der Waals surface area contributed by atoms with Crippen LogP contribution in [-0.2, 0) is 0 Å². The zero-order valence-corrected chi connectivity index (χ0v) is 18.5. The number of carbonyl (C=O) groups is 1. The molecule has 2 aromatic heterocycles. The third kappa shape index (κ3) is 3.07. The molecule has 0 radical (unpaired) electrons. The van der Waals surface area contributed by atoms with Crippen molar-refractivity contribution < 1.29 is 19.0 Å². The van der Waals surface area contributed by atoms with Gasteiger partial charge in [-0.2, -0.15) is 0 Å². The first kappa shape index (κ1) is 19.4. The van der Waals surface area contributed by atoms with Gasteiger partial charge in [-0.15, -0.1) is 10.2 Å². The molecule has 0 fully saturated rings. The van der Waals surface area contributed by atoms with E-state index >= 15 is 0 Å². The van der Waals surface area contributed by atoms with Gasteiger partial charge in [-0.1, -0.05) is 6.07 Å². The van der Waals surface area contributed by atoms with Crippen molar-refractivity contribution in [2.24, 2.45) is 0 Å². The first-order chi connectivity index (χ1) is 14.0. The standard InChI is InChI=1S/C21H18IN3O4/c1-11(26)25-16-7-5-6-14(22)19(16)13-10-15(23-24-21(13)25)12-8-17(27-2)20(29-4)18(9-12)28-3/h5-10H,1-4H3. The van der Waals surface area contributed by atoms with Crippen LogP contribution < -0.4 is 14.2 Å². The van der Waals surface area contributed by atoms with E-state index in [9.17, 15) is 4.79 Å². The Morgan fingerprint density at radius 3 is 2.28 bits per heavy atom. The molecule has 0 saturated heterocycles. The number of benzene rings is 2. The van der Waals surface area contributed by atoms with Crippen LogP contribution in [0.5, 0.6) is 17.2 Å². The van der Waals surface area contributed by atoms with Gasteiger partial charge in [0.15, 0.2) is 17.1 Å². The fourth-order valence-corrected chi connectivity index (χ4v) is 4.28. The van der Waals surface area contributed by atoms with Crippen LogP contribution in [0.4, 0.5) is 0 Å². The van der Waals surface area contributed by atoms with Crippen molar-refractivity contribution in [1.29, 1.82) is 0 Å². The highest BCUT2D eigenvalue weighted by Crippen LogP contribution is 2.41. The van der Waals surface area contributed by atoms with E-state index in [0.29, 0.717) is 28.6 Å². The van der Waals surface area contributed by atoms with Gasteiger partial charge < -0.3 is 14.2 Å². The third-order valence-corrected chi connectivity index (χ3v) is 5.66. The van der Waals surface area contributed by atoms with E-state index in [1.54, 1.807) is 25.9 Å². The van der Waals surface area contributed by atoms with Crippen molar-refractivity contribution in [1.82, 2.24) is 14.8 Å². The molecule has 0 aliphatic heterocycles. The van der Waals surface area contributed by atoms with Crippen LogP contribution >= 0.6 is 22.6 Å². The summed E-state index contributed by atoms with van der Waals surface area (Å²) < 4.78 is 18.9. The largest absolute Gasteiger partial charge is 0.493 e. The summed E-state index contributed by atoms with van der Waals surface area (Å²) in [6.45, 7) is 1.52. The van der Waals surface area contributed by atoms with Gasteiger partial charge in [-0.25, -0.2) is 0 Å². The summed E-state index contributed by atoms with van der Waals surface area (Å²) in [7, 11) is 4.70. The van der Waals surface area contributed by atoms with Gasteiger partial charge in [0.2, 0.25) is 11.7 Å². The predicted molar refractivity (Wildman–Crippen MR) is 119 cm³/mol. The summed E-state index contributed by atoms with van der Waals surface area (Å²) in [4.78, 5) is 12.3. The number of halogens is 1. The molecule has 0 aliphatic carbocycles. The number of ether oxygens (including phenoxy) is 3. The average Bonchev–Trinajstić information content (AvgIpc) is 3.07. The normalized spacial score (nSPS) is 11.1. The molecular formula is C21H18IN3O4. The van der Waals surface area contributed by atoms with Crippen LogP contribution in [0.3, 0.4) is 0 Å². The number of rotatable bonds is 4. The topological polar surface area (TPSA) is 75.5 Å². The van der Waals surface area contributed by atoms with Gasteiger partial charge in [-0.3, -0.25) is 9.36 Å². The summed E-state index contributed by atoms with van der Waals surface area (Å²) in [5, 5.41) is 10.6. The van der Waals surface area contributed by atoms with Crippen LogP contribution in [0, 0.1) is 3.57 Å². The molecule has 148 valence electrons. The van der Waals surface area contributed by atoms with Gasteiger partial charge in [0.25, 0.3) is 0 Å². The Morgan fingerprint density at radius 2 is 1.69 bits per heavy atom. The van der Waals surface area contributed by atoms with Gasteiger partial charge in [0.1, 0.15) is 0 Å². The minimum Gasteiger partial charge on any atom is -0.493 e. The number of methoxy groups -OCH3 is 3. The lowest BCUT2D eigenvalue weighted by Gasteiger charge is -2.13. The Morgan fingerprint density at radius 1 is 1.00 bits per heavy atom. The Hall–Kier alpha value is -2.88. The zero-order chi connectivity index (χ0) is 20.7. The Kier molecular flexibility index (Phi) is 5.03. The minimum atomic E-state index is -0.109. The fourth-order valence-electron chi connectivity index (χ4n) is 3.50. The number of carbonyl (C=O) groups excluding carboxylic acids is 1. The number of hydrogen-bond donors (Lipinski definition) is 0. The lowest BCUT2D eigenvalue weighted by Crippen LogP contribution is -2.06. The Labute approximate surface area is 180 Å². The Balaban J connectivity index is 2.02. The van der Waals surface area contributed by atoms with Gasteiger partial charge in [0.05, 0.1) is 32.5 Å². The number of fused-ring (bicyclic) bond motifs is 3. The molecule has 0 saturated carbocycles. The van der Waals surface area contributed by atoms with Crippen LogP contribution in [0.2, 0.25) is 0 Å². The molecule has 0 amide bonds. The molecule has 2 heterocycles. The zero-order valence-electron chi connectivity index (χ0n) is 16.3. The molecule has 0 bridgehead atoms. The molecular weight excluding hydrogens is 485 g/mol. The quantitative estimate of drug-likeness (QED) is 0.381. The predicted octanol–water partition coefficient (Wildman–Crippen LogP) is 4.54. The first-order valence-corrected chi connectivity index (χ1v) is 9.85. The second-order valence-corrected chi connectivity index (χ2v) is 7.53. The van der Waals surface area contributed by atoms with E-state index in [1.165, 1.54) is 6.92 Å². The minimum absolute atomic E-state index is 0.109. The van der Waals surface area contributed by atoms with Crippen molar-refractivity contribution in [3.05, 3.63) is 40.0 Å². The van der Waals surface area contributed by atoms with E-state index in [2.05, 4.69) is 32.8 Å². The number of aromatic nitrogens is 3. The SMILES string of the molecule is COc1cc(-c2cc3c4c(I)cccc4n(C(C)=O)c3nn2)cc(OC)c1OC. The van der Waals surface area contributed by atoms with Crippen LogP contribution in [0.15, 0.2) is 36.4 Å². The second kappa shape index (κ2) is 7.51. The van der Waals surface area contributed by atoms with E-state index in [0.717, 1.165) is 25.4 Å². The molecule has 0 unspecified atom stereocenters. The molecule has 0 N–H and O–H groups in total. The van der Waals surface area contributed by atoms with Crippen molar-refractivity contribution >= 4 is 50.4 Å². The highest BCUT2D eigenvalue weighted by atomic mass is 127. The lowest BCUT2D eigenvalue weighted by molar-refractivity contribution is 0.0945. The number of hydrogen-bond acceptors (Lipinski definition) is 6. The van der Waals surface area contributed by atoms with E-state index in [-0.39, 0.29) is 5.91 Å². The molecule has 0 atom stereocenters. The maximum absolute atomic E-state index is 12.3. The molecule has 4 aromatic rings. The van der Waals surface area contributed by atoms with E-state index < -0.39 is 0 Å². The van der Waals surface area contributed by atoms with Gasteiger partial charge in [0, 0.05) is 26.8 Å². The van der Waals surface area contributed by atoms with Crippen molar-refractivity contribution in [2.45, 2.75) is 6.92 Å². The fraction of sp³-hybridized carbons (Fsp3) is 0.190. The molecule has 0 aliphatic rings. The van der Waals surface area contributed by atoms with Gasteiger partial charge in [-0.05, 0) is 52.9 Å². The van der Waals surface area contributed by atoms with E-state index in [4.69, 9.17) is 14.2 Å². The monoisotopic (exact) mass is 503 g/mol. The second-order valence-electron chi connectivity index (χ2n) is 6.37.